The van der Waals surface area contributed by atoms with Gasteiger partial charge in [-0.1, -0.05) is 19.1 Å². The number of hydrogen-bond donors (Lipinski definition) is 0. The van der Waals surface area contributed by atoms with Gasteiger partial charge in [-0.25, -0.2) is 0 Å². The number of likely N-dealkylation sites (tertiary alicyclic amines) is 1. The lowest BCUT2D eigenvalue weighted by atomic mass is 10.0. The largest absolute Gasteiger partial charge is 0.416 e. The van der Waals surface area contributed by atoms with E-state index in [4.69, 9.17) is 0 Å². The summed E-state index contributed by atoms with van der Waals surface area (Å²) in [6.45, 7) is 4.08. The Kier molecular flexibility index (Phi) is 3.43. The highest BCUT2D eigenvalue weighted by Crippen LogP contribution is 2.34. The third kappa shape index (κ3) is 2.63. The Balaban J connectivity index is 2.18. The summed E-state index contributed by atoms with van der Waals surface area (Å²) < 4.78 is 37.3. The van der Waals surface area contributed by atoms with Crippen LogP contribution < -0.4 is 0 Å². The number of alkyl halides is 3. The van der Waals surface area contributed by atoms with E-state index in [-0.39, 0.29) is 0 Å². The zero-order valence-electron chi connectivity index (χ0n) is 9.80. The molecule has 0 amide bonds. The first-order valence-electron chi connectivity index (χ1n) is 5.93. The Morgan fingerprint density at radius 2 is 1.88 bits per heavy atom. The third-order valence-electron chi connectivity index (χ3n) is 3.39. The van der Waals surface area contributed by atoms with Crippen molar-refractivity contribution in [1.29, 1.82) is 0 Å². The van der Waals surface area contributed by atoms with Gasteiger partial charge in [-0.3, -0.25) is 4.90 Å². The van der Waals surface area contributed by atoms with E-state index in [0.717, 1.165) is 31.5 Å². The molecule has 1 unspecified atom stereocenters. The maximum atomic E-state index is 12.4. The molecule has 1 aliphatic rings. The van der Waals surface area contributed by atoms with Crippen LogP contribution in [0.5, 0.6) is 0 Å². The van der Waals surface area contributed by atoms with Crippen molar-refractivity contribution < 1.29 is 13.2 Å². The summed E-state index contributed by atoms with van der Waals surface area (Å²) in [6.07, 6.45) is -2.07. The highest BCUT2D eigenvalue weighted by molar-refractivity contribution is 5.27. The minimum absolute atomic E-state index is 0.294. The van der Waals surface area contributed by atoms with E-state index in [1.54, 1.807) is 12.1 Å². The van der Waals surface area contributed by atoms with Crippen LogP contribution >= 0.6 is 0 Å². The molecule has 1 aromatic rings. The van der Waals surface area contributed by atoms with Crippen LogP contribution in [0.25, 0.3) is 0 Å². The van der Waals surface area contributed by atoms with E-state index in [9.17, 15) is 13.2 Å². The van der Waals surface area contributed by atoms with Gasteiger partial charge in [0.15, 0.2) is 0 Å². The maximum absolute atomic E-state index is 12.4. The van der Waals surface area contributed by atoms with E-state index in [1.807, 2.05) is 0 Å². The summed E-state index contributed by atoms with van der Waals surface area (Å²) >= 11 is 0. The van der Waals surface area contributed by atoms with E-state index in [1.165, 1.54) is 12.1 Å². The van der Waals surface area contributed by atoms with Gasteiger partial charge in [0.2, 0.25) is 0 Å². The smallest absolute Gasteiger partial charge is 0.297 e. The molecule has 2 rings (SSSR count). The Morgan fingerprint density at radius 3 is 2.41 bits per heavy atom. The van der Waals surface area contributed by atoms with Crippen LogP contribution in [0, 0.1) is 0 Å². The van der Waals surface area contributed by atoms with Gasteiger partial charge in [-0.05, 0) is 43.6 Å². The standard InChI is InChI=1S/C13H16F3N/c1-2-17-9-3-4-12(17)10-5-7-11(8-6-10)13(14,15)16/h5-8,12H,2-4,9H2,1H3. The lowest BCUT2D eigenvalue weighted by Crippen LogP contribution is -2.22. The van der Waals surface area contributed by atoms with Crippen molar-refractivity contribution in [2.75, 3.05) is 13.1 Å². The summed E-state index contributed by atoms with van der Waals surface area (Å²) in [5, 5.41) is 0. The third-order valence-corrected chi connectivity index (χ3v) is 3.39. The molecule has 1 atom stereocenters. The van der Waals surface area contributed by atoms with Gasteiger partial charge in [-0.2, -0.15) is 13.2 Å². The number of benzene rings is 1. The predicted octanol–water partition coefficient (Wildman–Crippen LogP) is 3.86. The maximum Gasteiger partial charge on any atom is 0.416 e. The van der Waals surface area contributed by atoms with Crippen LogP contribution in [0.2, 0.25) is 0 Å². The average molecular weight is 243 g/mol. The fraction of sp³-hybridized carbons (Fsp3) is 0.538. The summed E-state index contributed by atoms with van der Waals surface area (Å²) in [6, 6.07) is 5.88. The first-order chi connectivity index (χ1) is 8.02. The highest BCUT2D eigenvalue weighted by Gasteiger charge is 2.31. The monoisotopic (exact) mass is 243 g/mol. The Labute approximate surface area is 99.2 Å². The summed E-state index contributed by atoms with van der Waals surface area (Å²) in [5.74, 6) is 0. The molecule has 0 radical (unpaired) electrons. The average Bonchev–Trinajstić information content (AvgIpc) is 2.76. The molecule has 94 valence electrons. The van der Waals surface area contributed by atoms with Gasteiger partial charge in [0.25, 0.3) is 0 Å². The second-order valence-corrected chi connectivity index (χ2v) is 4.41. The molecule has 17 heavy (non-hydrogen) atoms. The number of nitrogens with zero attached hydrogens (tertiary/aromatic N) is 1. The first-order valence-corrected chi connectivity index (χ1v) is 5.93. The lowest BCUT2D eigenvalue weighted by Gasteiger charge is -2.23. The molecule has 1 aliphatic heterocycles. The SMILES string of the molecule is CCN1CCCC1c1ccc(C(F)(F)F)cc1. The number of hydrogen-bond acceptors (Lipinski definition) is 1. The van der Waals surface area contributed by atoms with E-state index in [2.05, 4.69) is 11.8 Å². The minimum atomic E-state index is -4.24. The molecule has 0 spiro atoms. The molecule has 0 aromatic heterocycles. The van der Waals surface area contributed by atoms with Crippen LogP contribution in [-0.4, -0.2) is 18.0 Å². The summed E-state index contributed by atoms with van der Waals surface area (Å²) in [5.41, 5.74) is 0.430. The first kappa shape index (κ1) is 12.4. The van der Waals surface area contributed by atoms with E-state index in [0.29, 0.717) is 6.04 Å². The lowest BCUT2D eigenvalue weighted by molar-refractivity contribution is -0.137. The molecule has 1 saturated heterocycles. The van der Waals surface area contributed by atoms with E-state index >= 15 is 0 Å². The zero-order valence-corrected chi connectivity index (χ0v) is 9.80. The number of halogens is 3. The van der Waals surface area contributed by atoms with Crippen molar-refractivity contribution in [3.05, 3.63) is 35.4 Å². The molecule has 0 bridgehead atoms. The molecule has 0 saturated carbocycles. The molecule has 0 aliphatic carbocycles. The fourth-order valence-electron chi connectivity index (χ4n) is 2.48. The van der Waals surface area contributed by atoms with Crippen molar-refractivity contribution in [3.8, 4) is 0 Å². The van der Waals surface area contributed by atoms with Crippen LogP contribution in [0.4, 0.5) is 13.2 Å². The highest BCUT2D eigenvalue weighted by atomic mass is 19.4. The molecule has 1 aromatic carbocycles. The molecular formula is C13H16F3N. The van der Waals surface area contributed by atoms with Gasteiger partial charge in [0.05, 0.1) is 5.56 Å². The van der Waals surface area contributed by atoms with Gasteiger partial charge in [0, 0.05) is 6.04 Å². The normalized spacial score (nSPS) is 22.0. The second-order valence-electron chi connectivity index (χ2n) is 4.41. The van der Waals surface area contributed by atoms with Crippen molar-refractivity contribution in [3.63, 3.8) is 0 Å². The number of rotatable bonds is 2. The van der Waals surface area contributed by atoms with Crippen LogP contribution in [0.1, 0.15) is 36.9 Å². The Bertz CT molecular complexity index is 369. The Morgan fingerprint density at radius 1 is 1.24 bits per heavy atom. The van der Waals surface area contributed by atoms with Gasteiger partial charge in [-0.15, -0.1) is 0 Å². The van der Waals surface area contributed by atoms with Crippen molar-refractivity contribution in [2.24, 2.45) is 0 Å². The van der Waals surface area contributed by atoms with Crippen LogP contribution in [0.15, 0.2) is 24.3 Å². The molecule has 1 fully saturated rings. The topological polar surface area (TPSA) is 3.24 Å². The van der Waals surface area contributed by atoms with Crippen molar-refractivity contribution in [2.45, 2.75) is 32.0 Å². The zero-order chi connectivity index (χ0) is 12.5. The van der Waals surface area contributed by atoms with E-state index < -0.39 is 11.7 Å². The molecule has 1 heterocycles. The molecule has 4 heteroatoms. The predicted molar refractivity (Wildman–Crippen MR) is 60.7 cm³/mol. The Hall–Kier alpha value is -1.03. The van der Waals surface area contributed by atoms with Gasteiger partial charge in [0.1, 0.15) is 0 Å². The molecule has 0 N–H and O–H groups in total. The van der Waals surface area contributed by atoms with Crippen LogP contribution in [0.3, 0.4) is 0 Å². The summed E-state index contributed by atoms with van der Waals surface area (Å²) in [4.78, 5) is 2.31. The molecular weight excluding hydrogens is 227 g/mol. The fourth-order valence-corrected chi connectivity index (χ4v) is 2.48. The summed E-state index contributed by atoms with van der Waals surface area (Å²) in [7, 11) is 0. The van der Waals surface area contributed by atoms with Gasteiger partial charge < -0.3 is 0 Å². The van der Waals surface area contributed by atoms with Gasteiger partial charge >= 0.3 is 6.18 Å². The quantitative estimate of drug-likeness (QED) is 0.762. The molecule has 1 nitrogen and oxygen atoms in total. The second kappa shape index (κ2) is 4.69. The minimum Gasteiger partial charge on any atom is -0.297 e. The van der Waals surface area contributed by atoms with Crippen molar-refractivity contribution in [1.82, 2.24) is 4.90 Å². The van der Waals surface area contributed by atoms with Crippen molar-refractivity contribution >= 4 is 0 Å². The van der Waals surface area contributed by atoms with Crippen LogP contribution in [-0.2, 0) is 6.18 Å².